The molecule has 4 aliphatic heterocycles. The smallest absolute Gasteiger partial charge is 0.410 e. The molecule has 4 rings (SSSR count). The molecule has 4 fully saturated rings. The van der Waals surface area contributed by atoms with Crippen molar-refractivity contribution >= 4 is 12.0 Å². The summed E-state index contributed by atoms with van der Waals surface area (Å²) >= 11 is 0. The SMILES string of the molecule is [2H]C([2H])(C)OC(=O)N1C2CCC1CC(N1CCC3(CC1)CNC(=O)C3)C2. The van der Waals surface area contributed by atoms with Crippen LogP contribution in [0.5, 0.6) is 0 Å². The average Bonchev–Trinajstić information content (AvgIpc) is 3.04. The first-order chi connectivity index (χ1) is 12.2. The van der Waals surface area contributed by atoms with Crippen LogP contribution in [0.2, 0.25) is 0 Å². The lowest BCUT2D eigenvalue weighted by Gasteiger charge is -2.46. The Morgan fingerprint density at radius 1 is 1.29 bits per heavy atom. The van der Waals surface area contributed by atoms with E-state index in [1.54, 1.807) is 4.90 Å². The molecule has 0 aliphatic carbocycles. The van der Waals surface area contributed by atoms with Gasteiger partial charge in [0, 0.05) is 31.1 Å². The van der Waals surface area contributed by atoms with Crippen LogP contribution in [0.15, 0.2) is 0 Å². The first-order valence-electron chi connectivity index (χ1n) is 10.3. The minimum Gasteiger partial charge on any atom is -0.450 e. The van der Waals surface area contributed by atoms with Crippen LogP contribution in [0.3, 0.4) is 0 Å². The van der Waals surface area contributed by atoms with Gasteiger partial charge in [0.2, 0.25) is 5.91 Å². The van der Waals surface area contributed by atoms with Crippen LogP contribution in [0.25, 0.3) is 0 Å². The molecule has 0 aromatic heterocycles. The fourth-order valence-electron chi connectivity index (χ4n) is 5.35. The molecule has 1 N–H and O–H groups in total. The molecule has 0 radical (unpaired) electrons. The molecule has 1 spiro atoms. The van der Waals surface area contributed by atoms with Crippen molar-refractivity contribution in [2.45, 2.75) is 70.0 Å². The highest BCUT2D eigenvalue weighted by atomic mass is 16.6. The van der Waals surface area contributed by atoms with Gasteiger partial charge in [-0.25, -0.2) is 4.79 Å². The molecule has 2 unspecified atom stereocenters. The fraction of sp³-hybridized carbons (Fsp3) is 0.889. The van der Waals surface area contributed by atoms with Crippen molar-refractivity contribution in [3.63, 3.8) is 0 Å². The number of fused-ring (bicyclic) bond motifs is 2. The first kappa shape index (κ1) is 13.9. The lowest BCUT2D eigenvalue weighted by molar-refractivity contribution is -0.119. The number of nitrogens with one attached hydrogen (secondary N) is 1. The van der Waals surface area contributed by atoms with Crippen molar-refractivity contribution in [3.8, 4) is 0 Å². The minimum atomic E-state index is -1.93. The Kier molecular flexibility index (Phi) is 3.60. The van der Waals surface area contributed by atoms with E-state index in [1.807, 2.05) is 0 Å². The van der Waals surface area contributed by atoms with Crippen molar-refractivity contribution in [1.29, 1.82) is 0 Å². The van der Waals surface area contributed by atoms with E-state index in [1.165, 1.54) is 6.92 Å². The average molecular weight is 337 g/mol. The molecule has 0 aromatic rings. The molecule has 2 atom stereocenters. The summed E-state index contributed by atoms with van der Waals surface area (Å²) in [5, 5.41) is 2.99. The molecule has 0 saturated carbocycles. The zero-order valence-corrected chi connectivity index (χ0v) is 14.4. The summed E-state index contributed by atoms with van der Waals surface area (Å²) in [6.45, 7) is 2.23. The molecule has 24 heavy (non-hydrogen) atoms. The van der Waals surface area contributed by atoms with Crippen LogP contribution >= 0.6 is 0 Å². The van der Waals surface area contributed by atoms with Gasteiger partial charge >= 0.3 is 6.09 Å². The highest BCUT2D eigenvalue weighted by Crippen LogP contribution is 2.42. The Hall–Kier alpha value is -1.30. The van der Waals surface area contributed by atoms with E-state index in [-0.39, 0.29) is 23.4 Å². The van der Waals surface area contributed by atoms with Gasteiger partial charge in [0.25, 0.3) is 0 Å². The van der Waals surface area contributed by atoms with Gasteiger partial charge in [-0.1, -0.05) is 0 Å². The Morgan fingerprint density at radius 3 is 2.50 bits per heavy atom. The lowest BCUT2D eigenvalue weighted by atomic mass is 9.77. The van der Waals surface area contributed by atoms with E-state index in [4.69, 9.17) is 7.48 Å². The zero-order chi connectivity index (χ0) is 18.5. The molecule has 134 valence electrons. The van der Waals surface area contributed by atoms with Crippen LogP contribution in [0.4, 0.5) is 4.79 Å². The summed E-state index contributed by atoms with van der Waals surface area (Å²) in [5.74, 6) is 0.194. The lowest BCUT2D eigenvalue weighted by Crippen LogP contribution is -2.54. The Morgan fingerprint density at radius 2 is 1.96 bits per heavy atom. The molecule has 0 aromatic carbocycles. The summed E-state index contributed by atoms with van der Waals surface area (Å²) in [6.07, 6.45) is 6.17. The highest BCUT2D eigenvalue weighted by Gasteiger charge is 2.47. The summed E-state index contributed by atoms with van der Waals surface area (Å²) < 4.78 is 20.0. The van der Waals surface area contributed by atoms with Crippen molar-refractivity contribution in [1.82, 2.24) is 15.1 Å². The number of hydrogen-bond donors (Lipinski definition) is 1. The number of nitrogens with zero attached hydrogens (tertiary/aromatic N) is 2. The van der Waals surface area contributed by atoms with Crippen molar-refractivity contribution in [2.75, 3.05) is 26.2 Å². The standard InChI is InChI=1S/C18H29N3O3/c1-2-24-17(23)21-13-3-4-14(21)10-15(9-13)20-7-5-18(6-8-20)11-16(22)19-12-18/h13-15H,2-12H2,1H3,(H,19,22)/i2D2. The molecule has 4 heterocycles. The van der Waals surface area contributed by atoms with E-state index in [0.717, 1.165) is 58.2 Å². The maximum absolute atomic E-state index is 12.4. The fourth-order valence-corrected chi connectivity index (χ4v) is 5.35. The van der Waals surface area contributed by atoms with Crippen molar-refractivity contribution in [2.24, 2.45) is 5.41 Å². The van der Waals surface area contributed by atoms with Crippen LogP contribution in [-0.2, 0) is 9.53 Å². The normalized spacial score (nSPS) is 37.1. The van der Waals surface area contributed by atoms with Gasteiger partial charge in [-0.15, -0.1) is 0 Å². The number of likely N-dealkylation sites (tertiary alicyclic amines) is 1. The van der Waals surface area contributed by atoms with Crippen molar-refractivity contribution < 1.29 is 17.1 Å². The van der Waals surface area contributed by atoms with Crippen LogP contribution in [0, 0.1) is 5.41 Å². The van der Waals surface area contributed by atoms with E-state index >= 15 is 0 Å². The molecular weight excluding hydrogens is 306 g/mol. The summed E-state index contributed by atoms with van der Waals surface area (Å²) in [7, 11) is 0. The van der Waals surface area contributed by atoms with Crippen LogP contribution < -0.4 is 5.32 Å². The largest absolute Gasteiger partial charge is 0.450 e. The molecule has 2 bridgehead atoms. The Labute approximate surface area is 146 Å². The summed E-state index contributed by atoms with van der Waals surface area (Å²) in [4.78, 5) is 28.3. The molecule has 6 heteroatoms. The predicted octanol–water partition coefficient (Wildman–Crippen LogP) is 1.74. The number of hydrogen-bond acceptors (Lipinski definition) is 4. The van der Waals surface area contributed by atoms with E-state index in [9.17, 15) is 9.59 Å². The van der Waals surface area contributed by atoms with E-state index in [0.29, 0.717) is 12.5 Å². The Bertz CT molecular complexity index is 573. The maximum atomic E-state index is 12.4. The number of ether oxygens (including phenoxy) is 1. The third-order valence-corrected chi connectivity index (χ3v) is 6.68. The molecule has 4 aliphatic rings. The number of carbonyl (C=O) groups excluding carboxylic acids is 2. The quantitative estimate of drug-likeness (QED) is 0.834. The second-order valence-electron chi connectivity index (χ2n) is 7.98. The third-order valence-electron chi connectivity index (χ3n) is 6.68. The maximum Gasteiger partial charge on any atom is 0.410 e. The number of amides is 2. The van der Waals surface area contributed by atoms with Crippen LogP contribution in [0.1, 0.15) is 54.6 Å². The van der Waals surface area contributed by atoms with Gasteiger partial charge in [-0.05, 0) is 64.0 Å². The van der Waals surface area contributed by atoms with E-state index in [2.05, 4.69) is 10.2 Å². The number of piperidine rings is 2. The van der Waals surface area contributed by atoms with Crippen molar-refractivity contribution in [3.05, 3.63) is 0 Å². The minimum absolute atomic E-state index is 0.166. The van der Waals surface area contributed by atoms with Gasteiger partial charge in [-0.3, -0.25) is 4.79 Å². The second kappa shape index (κ2) is 6.21. The molecule has 6 nitrogen and oxygen atoms in total. The first-order valence-corrected chi connectivity index (χ1v) is 9.27. The monoisotopic (exact) mass is 337 g/mol. The highest BCUT2D eigenvalue weighted by molar-refractivity contribution is 5.79. The van der Waals surface area contributed by atoms with Crippen LogP contribution in [-0.4, -0.2) is 66.1 Å². The van der Waals surface area contributed by atoms with Gasteiger partial charge < -0.3 is 19.9 Å². The molecule has 4 saturated heterocycles. The topological polar surface area (TPSA) is 61.9 Å². The molecular formula is C18H29N3O3. The predicted molar refractivity (Wildman–Crippen MR) is 89.6 cm³/mol. The number of rotatable bonds is 2. The van der Waals surface area contributed by atoms with Gasteiger partial charge in [0.15, 0.2) is 0 Å². The summed E-state index contributed by atoms with van der Waals surface area (Å²) in [6, 6.07) is 0.816. The van der Waals surface area contributed by atoms with Gasteiger partial charge in [0.1, 0.15) is 0 Å². The third kappa shape index (κ3) is 2.79. The Balaban J connectivity index is 1.35. The summed E-state index contributed by atoms with van der Waals surface area (Å²) in [5.41, 5.74) is 0.170. The van der Waals surface area contributed by atoms with Gasteiger partial charge in [-0.2, -0.15) is 0 Å². The van der Waals surface area contributed by atoms with E-state index < -0.39 is 12.7 Å². The molecule has 2 amide bonds. The van der Waals surface area contributed by atoms with Gasteiger partial charge in [0.05, 0.1) is 9.30 Å². The zero-order valence-electron chi connectivity index (χ0n) is 16.4. The number of carbonyl (C=O) groups is 2. The second-order valence-corrected chi connectivity index (χ2v) is 7.98.